The molecule has 0 amide bonds. The average molecular weight is 412 g/mol. The van der Waals surface area contributed by atoms with Gasteiger partial charge in [0.05, 0.1) is 26.4 Å². The van der Waals surface area contributed by atoms with Crippen LogP contribution in [0.25, 0.3) is 0 Å². The Morgan fingerprint density at radius 3 is 1.88 bits per heavy atom. The maximum Gasteiger partial charge on any atom is 0.328 e. The van der Waals surface area contributed by atoms with Crippen molar-refractivity contribution in [3.63, 3.8) is 0 Å². The summed E-state index contributed by atoms with van der Waals surface area (Å²) in [6, 6.07) is 0. The van der Waals surface area contributed by atoms with Gasteiger partial charge in [0.1, 0.15) is 24.4 Å². The fourth-order valence-corrected chi connectivity index (χ4v) is 6.11. The summed E-state index contributed by atoms with van der Waals surface area (Å²) in [5.41, 5.74) is 0. The lowest BCUT2D eigenvalue weighted by Crippen LogP contribution is -2.36. The number of ether oxygens (including phenoxy) is 2. The van der Waals surface area contributed by atoms with E-state index in [1.165, 1.54) is 13.3 Å². The Bertz CT molecular complexity index is 597. The smallest absolute Gasteiger partial charge is 0.328 e. The molecule has 0 aromatic rings. The van der Waals surface area contributed by atoms with Gasteiger partial charge in [-0.25, -0.2) is 0 Å². The molecule has 3 fully saturated rings. The third kappa shape index (κ3) is 4.79. The Balaban J connectivity index is 1.83. The van der Waals surface area contributed by atoms with E-state index >= 15 is 0 Å². The van der Waals surface area contributed by atoms with Crippen LogP contribution in [0.3, 0.4) is 0 Å². The molecule has 3 heterocycles. The van der Waals surface area contributed by atoms with Gasteiger partial charge in [0.2, 0.25) is 0 Å². The van der Waals surface area contributed by atoms with Crippen LogP contribution in [0, 0.1) is 17.8 Å². The van der Waals surface area contributed by atoms with Crippen LogP contribution < -0.4 is 0 Å². The number of fused-ring (bicyclic) bond motifs is 2. The van der Waals surface area contributed by atoms with Crippen molar-refractivity contribution < 1.29 is 36.7 Å². The van der Waals surface area contributed by atoms with Crippen LogP contribution >= 0.6 is 15.2 Å². The molecule has 8 atom stereocenters. The van der Waals surface area contributed by atoms with Crippen LogP contribution in [0.1, 0.15) is 20.8 Å². The molecule has 3 aliphatic heterocycles. The van der Waals surface area contributed by atoms with Gasteiger partial charge in [0, 0.05) is 25.2 Å². The summed E-state index contributed by atoms with van der Waals surface area (Å²) in [6.07, 6.45) is -1.84. The monoisotopic (exact) mass is 412 g/mol. The topological polar surface area (TPSA) is 89.5 Å². The van der Waals surface area contributed by atoms with E-state index in [4.69, 9.17) is 27.6 Å². The van der Waals surface area contributed by atoms with Crippen LogP contribution in [-0.4, -0.2) is 64.2 Å². The molecule has 0 radical (unpaired) electrons. The zero-order chi connectivity index (χ0) is 19.1. The summed E-state index contributed by atoms with van der Waals surface area (Å²) in [6.45, 7) is 10.0. The second-order valence-corrected chi connectivity index (χ2v) is 11.9. The molecule has 3 rings (SSSR count). The fraction of sp³-hybridized carbons (Fsp3) is 1.00. The van der Waals surface area contributed by atoms with E-state index in [1.807, 2.05) is 6.92 Å². The molecule has 0 spiro atoms. The lowest BCUT2D eigenvalue weighted by Gasteiger charge is -2.31. The van der Waals surface area contributed by atoms with Gasteiger partial charge in [-0.15, -0.1) is 0 Å². The van der Waals surface area contributed by atoms with Gasteiger partial charge in [-0.2, -0.15) is 0 Å². The van der Waals surface area contributed by atoms with Gasteiger partial charge < -0.3 is 27.6 Å². The van der Waals surface area contributed by atoms with Crippen molar-refractivity contribution in [3.8, 4) is 0 Å². The van der Waals surface area contributed by atoms with E-state index in [0.717, 1.165) is 0 Å². The highest BCUT2D eigenvalue weighted by Crippen LogP contribution is 2.53. The molecular formula is C16H30O8P2. The first-order valence-corrected chi connectivity index (χ1v) is 13.1. The molecule has 3 aliphatic rings. The molecule has 0 N–H and O–H groups in total. The predicted octanol–water partition coefficient (Wildman–Crippen LogP) is 3.16. The van der Waals surface area contributed by atoms with Crippen molar-refractivity contribution in [2.24, 2.45) is 17.8 Å². The Kier molecular flexibility index (Phi) is 6.38. The van der Waals surface area contributed by atoms with Crippen molar-refractivity contribution >= 4 is 15.2 Å². The van der Waals surface area contributed by atoms with E-state index in [-0.39, 0.29) is 31.0 Å². The second kappa shape index (κ2) is 7.92. The van der Waals surface area contributed by atoms with Crippen molar-refractivity contribution in [3.05, 3.63) is 0 Å². The Labute approximate surface area is 155 Å². The third-order valence-electron chi connectivity index (χ3n) is 5.22. The molecule has 0 aliphatic carbocycles. The minimum absolute atomic E-state index is 0.0291. The van der Waals surface area contributed by atoms with Crippen molar-refractivity contribution in [1.29, 1.82) is 0 Å². The first-order valence-electron chi connectivity index (χ1n) is 9.12. The second-order valence-electron chi connectivity index (χ2n) is 7.90. The summed E-state index contributed by atoms with van der Waals surface area (Å²) in [5.74, 6) is 0.350. The summed E-state index contributed by atoms with van der Waals surface area (Å²) in [4.78, 5) is 0. The highest BCUT2D eigenvalue weighted by Gasteiger charge is 2.46. The molecule has 0 aromatic heterocycles. The van der Waals surface area contributed by atoms with Gasteiger partial charge in [0.25, 0.3) is 0 Å². The lowest BCUT2D eigenvalue weighted by atomic mass is 9.91. The van der Waals surface area contributed by atoms with Gasteiger partial charge in [-0.05, 0) is 5.92 Å². The molecule has 3 saturated heterocycles. The third-order valence-corrected chi connectivity index (χ3v) is 7.71. The van der Waals surface area contributed by atoms with E-state index in [9.17, 15) is 9.13 Å². The minimum atomic E-state index is -3.33. The number of rotatable bonds is 1. The molecule has 152 valence electrons. The SMILES string of the molecule is CC(C)C1COC2COP(C)(=O)OC3C(C)COC3COP(C)(=O)OC21. The maximum absolute atomic E-state index is 12.9. The Morgan fingerprint density at radius 1 is 0.808 bits per heavy atom. The van der Waals surface area contributed by atoms with Crippen LogP contribution in [0.4, 0.5) is 0 Å². The predicted molar refractivity (Wildman–Crippen MR) is 95.7 cm³/mol. The molecule has 26 heavy (non-hydrogen) atoms. The largest absolute Gasteiger partial charge is 0.373 e. The molecule has 0 saturated carbocycles. The van der Waals surface area contributed by atoms with Crippen molar-refractivity contribution in [1.82, 2.24) is 0 Å². The van der Waals surface area contributed by atoms with Crippen LogP contribution in [0.2, 0.25) is 0 Å². The van der Waals surface area contributed by atoms with Gasteiger partial charge >= 0.3 is 15.2 Å². The summed E-state index contributed by atoms with van der Waals surface area (Å²) < 4.78 is 60.1. The molecule has 0 bridgehead atoms. The first-order chi connectivity index (χ1) is 12.1. The fourth-order valence-electron chi connectivity index (χ4n) is 3.63. The summed E-state index contributed by atoms with van der Waals surface area (Å²) >= 11 is 0. The summed E-state index contributed by atoms with van der Waals surface area (Å²) in [7, 11) is -6.64. The van der Waals surface area contributed by atoms with Gasteiger partial charge in [0.15, 0.2) is 0 Å². The van der Waals surface area contributed by atoms with E-state index in [2.05, 4.69) is 13.8 Å². The molecule has 10 heteroatoms. The minimum Gasteiger partial charge on any atom is -0.373 e. The molecule has 8 unspecified atom stereocenters. The van der Waals surface area contributed by atoms with Crippen LogP contribution in [0.15, 0.2) is 0 Å². The van der Waals surface area contributed by atoms with E-state index in [0.29, 0.717) is 13.2 Å². The molecule has 8 nitrogen and oxygen atoms in total. The first kappa shape index (κ1) is 20.9. The average Bonchev–Trinajstić information content (AvgIpc) is 3.07. The zero-order valence-electron chi connectivity index (χ0n) is 16.0. The van der Waals surface area contributed by atoms with Crippen LogP contribution in [-0.2, 0) is 36.7 Å². The lowest BCUT2D eigenvalue weighted by molar-refractivity contribution is -0.0226. The number of hydrogen-bond donors (Lipinski definition) is 0. The maximum atomic E-state index is 12.9. The quantitative estimate of drug-likeness (QED) is 0.607. The zero-order valence-corrected chi connectivity index (χ0v) is 17.8. The van der Waals surface area contributed by atoms with Gasteiger partial charge in [-0.1, -0.05) is 20.8 Å². The summed E-state index contributed by atoms with van der Waals surface area (Å²) in [5, 5.41) is 0. The molecule has 0 aromatic carbocycles. The molecular weight excluding hydrogens is 382 g/mol. The highest BCUT2D eigenvalue weighted by molar-refractivity contribution is 7.53. The van der Waals surface area contributed by atoms with Crippen molar-refractivity contribution in [2.75, 3.05) is 39.8 Å². The standard InChI is InChI=1S/C16H30O8P2/c1-10(2)12-7-20-14-9-22-25(4,17)23-15-11(3)6-19-13(15)8-21-26(5,18)24-16(12)14/h10-16H,6-9H2,1-5H3. The Hall–Kier alpha value is 0.220. The van der Waals surface area contributed by atoms with E-state index in [1.54, 1.807) is 0 Å². The van der Waals surface area contributed by atoms with E-state index < -0.39 is 39.6 Å². The Morgan fingerprint density at radius 2 is 1.31 bits per heavy atom. The van der Waals surface area contributed by atoms with Gasteiger partial charge in [-0.3, -0.25) is 9.13 Å². The number of hydrogen-bond acceptors (Lipinski definition) is 8. The normalized spacial score (nSPS) is 50.7. The highest BCUT2D eigenvalue weighted by atomic mass is 31.2. The van der Waals surface area contributed by atoms with Crippen molar-refractivity contribution in [2.45, 2.75) is 45.2 Å². The van der Waals surface area contributed by atoms with Crippen LogP contribution in [0.5, 0.6) is 0 Å².